The van der Waals surface area contributed by atoms with Gasteiger partial charge in [0.1, 0.15) is 12.6 Å². The quantitative estimate of drug-likeness (QED) is 0.493. The van der Waals surface area contributed by atoms with E-state index in [9.17, 15) is 9.90 Å². The van der Waals surface area contributed by atoms with Crippen molar-refractivity contribution in [2.75, 3.05) is 20.8 Å². The third-order valence-electron chi connectivity index (χ3n) is 5.75. The molecule has 1 aliphatic rings. The normalized spacial score (nSPS) is 17.1. The van der Waals surface area contributed by atoms with Crippen LogP contribution >= 0.6 is 11.3 Å². The number of carboxylic acid groups (broad SMARTS) is 1. The Kier molecular flexibility index (Phi) is 6.97. The van der Waals surface area contributed by atoms with Gasteiger partial charge in [-0.05, 0) is 47.5 Å². The van der Waals surface area contributed by atoms with Crippen molar-refractivity contribution in [2.45, 2.75) is 31.5 Å². The molecule has 2 atom stereocenters. The van der Waals surface area contributed by atoms with E-state index >= 15 is 0 Å². The van der Waals surface area contributed by atoms with Crippen LogP contribution in [0.15, 0.2) is 60.0 Å². The summed E-state index contributed by atoms with van der Waals surface area (Å²) >= 11 is 1.62. The minimum atomic E-state index is -0.786. The third kappa shape index (κ3) is 4.59. The molecule has 0 amide bonds. The number of hydrogen-bond acceptors (Lipinski definition) is 6. The Balaban J connectivity index is 1.73. The van der Waals surface area contributed by atoms with Gasteiger partial charge in [0, 0.05) is 11.4 Å². The number of aliphatic carboxylic acids is 1. The fourth-order valence-corrected chi connectivity index (χ4v) is 5.13. The van der Waals surface area contributed by atoms with Crippen LogP contribution in [0.3, 0.4) is 0 Å². The van der Waals surface area contributed by atoms with Crippen LogP contribution in [0.4, 0.5) is 0 Å². The number of likely N-dealkylation sites (tertiary alicyclic amines) is 1. The van der Waals surface area contributed by atoms with Crippen LogP contribution in [0.1, 0.15) is 34.9 Å². The van der Waals surface area contributed by atoms with Crippen molar-refractivity contribution in [2.24, 2.45) is 0 Å². The van der Waals surface area contributed by atoms with Crippen LogP contribution in [0.2, 0.25) is 0 Å². The highest BCUT2D eigenvalue weighted by molar-refractivity contribution is 7.10. The number of rotatable bonds is 9. The van der Waals surface area contributed by atoms with Gasteiger partial charge in [-0.2, -0.15) is 0 Å². The summed E-state index contributed by atoms with van der Waals surface area (Å²) in [7, 11) is 3.20. The van der Waals surface area contributed by atoms with Gasteiger partial charge in [0.25, 0.3) is 0 Å². The fraction of sp³-hybridized carbons (Fsp3) is 0.320. The Hall–Kier alpha value is -3.03. The molecule has 32 heavy (non-hydrogen) atoms. The molecule has 0 aliphatic carbocycles. The van der Waals surface area contributed by atoms with Crippen molar-refractivity contribution in [3.8, 4) is 17.2 Å². The van der Waals surface area contributed by atoms with Crippen LogP contribution in [-0.4, -0.2) is 42.8 Å². The molecule has 1 aliphatic heterocycles. The van der Waals surface area contributed by atoms with E-state index in [1.165, 1.54) is 0 Å². The molecule has 7 heteroatoms. The monoisotopic (exact) mass is 453 g/mol. The minimum Gasteiger partial charge on any atom is -0.493 e. The van der Waals surface area contributed by atoms with Gasteiger partial charge in [0.05, 0.1) is 20.3 Å². The first-order chi connectivity index (χ1) is 15.6. The molecule has 0 bridgehead atoms. The molecule has 6 nitrogen and oxygen atoms in total. The molecule has 1 saturated heterocycles. The van der Waals surface area contributed by atoms with Crippen LogP contribution in [0.5, 0.6) is 17.2 Å². The average Bonchev–Trinajstić information content (AvgIpc) is 3.51. The summed E-state index contributed by atoms with van der Waals surface area (Å²) in [5, 5.41) is 11.8. The first kappa shape index (κ1) is 22.2. The van der Waals surface area contributed by atoms with Gasteiger partial charge in [-0.1, -0.05) is 36.4 Å². The second kappa shape index (κ2) is 10.1. The number of nitrogens with zero attached hydrogens (tertiary/aromatic N) is 1. The second-order valence-electron chi connectivity index (χ2n) is 7.68. The number of carboxylic acids is 1. The zero-order valence-corrected chi connectivity index (χ0v) is 19.0. The van der Waals surface area contributed by atoms with E-state index in [0.717, 1.165) is 29.0 Å². The average molecular weight is 454 g/mol. The van der Waals surface area contributed by atoms with Crippen molar-refractivity contribution in [1.29, 1.82) is 0 Å². The minimum absolute atomic E-state index is 0.204. The molecule has 2 heterocycles. The van der Waals surface area contributed by atoms with E-state index < -0.39 is 12.0 Å². The summed E-state index contributed by atoms with van der Waals surface area (Å²) in [4.78, 5) is 15.1. The summed E-state index contributed by atoms with van der Waals surface area (Å²) in [5.74, 6) is 0.861. The van der Waals surface area contributed by atoms with Gasteiger partial charge in [-0.3, -0.25) is 9.69 Å². The second-order valence-corrected chi connectivity index (χ2v) is 8.66. The lowest BCUT2D eigenvalue weighted by molar-refractivity contribution is -0.142. The smallest absolute Gasteiger partial charge is 0.320 e. The zero-order chi connectivity index (χ0) is 22.5. The number of ether oxygens (including phenoxy) is 3. The van der Waals surface area contributed by atoms with Crippen LogP contribution in [0, 0.1) is 0 Å². The van der Waals surface area contributed by atoms with E-state index in [4.69, 9.17) is 14.2 Å². The molecule has 4 rings (SSSR count). The highest BCUT2D eigenvalue weighted by Crippen LogP contribution is 2.45. The van der Waals surface area contributed by atoms with E-state index in [0.29, 0.717) is 30.3 Å². The fourth-order valence-electron chi connectivity index (χ4n) is 4.26. The largest absolute Gasteiger partial charge is 0.493 e. The maximum Gasteiger partial charge on any atom is 0.320 e. The number of carbonyl (C=O) groups is 1. The lowest BCUT2D eigenvalue weighted by Crippen LogP contribution is -2.39. The van der Waals surface area contributed by atoms with Crippen molar-refractivity contribution >= 4 is 17.3 Å². The molecule has 2 unspecified atom stereocenters. The van der Waals surface area contributed by atoms with Crippen LogP contribution in [-0.2, 0) is 11.4 Å². The van der Waals surface area contributed by atoms with Gasteiger partial charge in [0.15, 0.2) is 11.5 Å². The Morgan fingerprint density at radius 1 is 1.12 bits per heavy atom. The van der Waals surface area contributed by atoms with Crippen molar-refractivity contribution in [3.63, 3.8) is 0 Å². The number of thiophene rings is 1. The molecule has 1 fully saturated rings. The third-order valence-corrected chi connectivity index (χ3v) is 6.67. The molecule has 168 valence electrons. The SMILES string of the molecule is COc1cc(C(c2cccs2)N2CCCC2C(=O)O)cc(OC)c1OCc1ccccc1. The first-order valence-corrected chi connectivity index (χ1v) is 11.4. The van der Waals surface area contributed by atoms with Crippen molar-refractivity contribution < 1.29 is 24.1 Å². The Morgan fingerprint density at radius 2 is 1.84 bits per heavy atom. The van der Waals surface area contributed by atoms with Gasteiger partial charge in [0.2, 0.25) is 5.75 Å². The van der Waals surface area contributed by atoms with Gasteiger partial charge >= 0.3 is 5.97 Å². The number of hydrogen-bond donors (Lipinski definition) is 1. The van der Waals surface area contributed by atoms with Gasteiger partial charge < -0.3 is 19.3 Å². The maximum atomic E-state index is 11.9. The summed E-state index contributed by atoms with van der Waals surface area (Å²) in [6.45, 7) is 1.10. The van der Waals surface area contributed by atoms with E-state index in [-0.39, 0.29) is 6.04 Å². The van der Waals surface area contributed by atoms with Gasteiger partial charge in [-0.15, -0.1) is 11.3 Å². The van der Waals surface area contributed by atoms with Crippen molar-refractivity contribution in [1.82, 2.24) is 4.90 Å². The molecule has 0 spiro atoms. The molecule has 1 aromatic heterocycles. The standard InChI is InChI=1S/C25H27NO5S/c1-29-20-14-18(15-21(30-2)24(20)31-16-17-8-4-3-5-9-17)23(22-11-7-13-32-22)26-12-6-10-19(26)25(27)28/h3-5,7-9,11,13-15,19,23H,6,10,12,16H2,1-2H3,(H,27,28). The molecule has 2 aromatic carbocycles. The Morgan fingerprint density at radius 3 is 2.44 bits per heavy atom. The molecule has 0 radical (unpaired) electrons. The molecular formula is C25H27NO5S. The highest BCUT2D eigenvalue weighted by Gasteiger charge is 2.38. The summed E-state index contributed by atoms with van der Waals surface area (Å²) in [6, 6.07) is 17.1. The van der Waals surface area contributed by atoms with Gasteiger partial charge in [-0.25, -0.2) is 0 Å². The predicted molar refractivity (Wildman–Crippen MR) is 124 cm³/mol. The summed E-state index contributed by atoms with van der Waals surface area (Å²) < 4.78 is 17.5. The lowest BCUT2D eigenvalue weighted by Gasteiger charge is -2.31. The Bertz CT molecular complexity index is 1010. The van der Waals surface area contributed by atoms with Crippen LogP contribution in [0.25, 0.3) is 0 Å². The molecular weight excluding hydrogens is 426 g/mol. The van der Waals surface area contributed by atoms with E-state index in [1.54, 1.807) is 25.6 Å². The Labute approximate surface area is 192 Å². The summed E-state index contributed by atoms with van der Waals surface area (Å²) in [6.07, 6.45) is 1.50. The van der Waals surface area contributed by atoms with E-state index in [1.807, 2.05) is 60.0 Å². The zero-order valence-electron chi connectivity index (χ0n) is 18.2. The lowest BCUT2D eigenvalue weighted by atomic mass is 10.0. The van der Waals surface area contributed by atoms with E-state index in [2.05, 4.69) is 4.90 Å². The number of methoxy groups -OCH3 is 2. The molecule has 3 aromatic rings. The van der Waals surface area contributed by atoms with Crippen molar-refractivity contribution in [3.05, 3.63) is 76.0 Å². The number of benzene rings is 2. The topological polar surface area (TPSA) is 68.2 Å². The highest BCUT2D eigenvalue weighted by atomic mass is 32.1. The molecule has 0 saturated carbocycles. The molecule has 1 N–H and O–H groups in total. The summed E-state index contributed by atoms with van der Waals surface area (Å²) in [5.41, 5.74) is 1.96. The maximum absolute atomic E-state index is 11.9. The first-order valence-electron chi connectivity index (χ1n) is 10.6. The predicted octanol–water partition coefficient (Wildman–Crippen LogP) is 4.98. The van der Waals surface area contributed by atoms with Crippen LogP contribution < -0.4 is 14.2 Å².